The topological polar surface area (TPSA) is 29.4 Å². The van der Waals surface area contributed by atoms with Gasteiger partial charge < -0.3 is 0 Å². The quantitative estimate of drug-likeness (QED) is 0.354. The van der Waals surface area contributed by atoms with Gasteiger partial charge in [0.05, 0.1) is 5.69 Å². The molecule has 0 aliphatic rings. The van der Waals surface area contributed by atoms with Crippen LogP contribution >= 0.6 is 35.0 Å². The Hall–Kier alpha value is -0.540. The molecule has 1 aromatic carbocycles. The van der Waals surface area contributed by atoms with Crippen molar-refractivity contribution in [3.05, 3.63) is 24.3 Å². The Morgan fingerprint density at radius 2 is 1.93 bits per heavy atom. The first-order valence-corrected chi connectivity index (χ1v) is 5.02. The maximum absolute atomic E-state index is 12.7. The minimum atomic E-state index is -2.35. The average Bonchev–Trinajstić information content (AvgIpc) is 2.06. The molecule has 0 aliphatic carbocycles. The van der Waals surface area contributed by atoms with Gasteiger partial charge in [0.1, 0.15) is 0 Å². The summed E-state index contributed by atoms with van der Waals surface area (Å²) in [6.45, 7) is 0. The molecule has 0 bridgehead atoms. The van der Waals surface area contributed by atoms with Crippen LogP contribution in [0.3, 0.4) is 0 Å². The molecule has 2 nitrogen and oxygen atoms in total. The van der Waals surface area contributed by atoms with Crippen LogP contribution < -0.4 is 0 Å². The number of aliphatic imine (C=N–C) groups is 1. The van der Waals surface area contributed by atoms with Crippen LogP contribution in [0, 0.1) is 0 Å². The van der Waals surface area contributed by atoms with Gasteiger partial charge in [0, 0.05) is 4.90 Å². The minimum Gasteiger partial charge on any atom is -0.211 e. The smallest absolute Gasteiger partial charge is 0.211 e. The zero-order valence-corrected chi connectivity index (χ0v) is 9.04. The molecule has 0 N–H and O–H groups in total. The van der Waals surface area contributed by atoms with Gasteiger partial charge in [-0.1, -0.05) is 35.0 Å². The second-order valence-corrected chi connectivity index (χ2v) is 5.17. The number of benzene rings is 1. The predicted octanol–water partition coefficient (Wildman–Crippen LogP) is 3.80. The number of hydrogen-bond acceptors (Lipinski definition) is 3. The fraction of sp³-hybridized carbons (Fsp3) is 0.125. The first-order chi connectivity index (χ1) is 6.51. The molecule has 0 unspecified atom stereocenters. The molecular weight excluding hydrogens is 248 g/mol. The van der Waals surface area contributed by atoms with E-state index in [4.69, 9.17) is 23.2 Å². The lowest BCUT2D eigenvalue weighted by Gasteiger charge is -2.07. The Kier molecular flexibility index (Phi) is 3.96. The summed E-state index contributed by atoms with van der Waals surface area (Å²) >= 11 is 10.9. The third-order valence-electron chi connectivity index (χ3n) is 1.25. The Morgan fingerprint density at radius 3 is 2.36 bits per heavy atom. The van der Waals surface area contributed by atoms with Crippen LogP contribution in [0.4, 0.5) is 10.1 Å². The number of isocyanates is 1. The highest BCUT2D eigenvalue weighted by atomic mass is 35.5. The van der Waals surface area contributed by atoms with Crippen LogP contribution in [-0.2, 0) is 4.79 Å². The van der Waals surface area contributed by atoms with Crippen LogP contribution in [-0.4, -0.2) is 10.00 Å². The van der Waals surface area contributed by atoms with Gasteiger partial charge >= 0.3 is 3.92 Å². The fourth-order valence-electron chi connectivity index (χ4n) is 0.775. The average molecular weight is 252 g/mol. The van der Waals surface area contributed by atoms with E-state index in [2.05, 4.69) is 4.99 Å². The van der Waals surface area contributed by atoms with Gasteiger partial charge in [-0.15, -0.1) is 0 Å². The lowest BCUT2D eigenvalue weighted by molar-refractivity contribution is 0.516. The summed E-state index contributed by atoms with van der Waals surface area (Å²) in [6, 6.07) is 6.18. The van der Waals surface area contributed by atoms with Gasteiger partial charge in [0.2, 0.25) is 6.08 Å². The van der Waals surface area contributed by atoms with Crippen LogP contribution in [0.2, 0.25) is 0 Å². The van der Waals surface area contributed by atoms with Crippen LogP contribution in [0.5, 0.6) is 0 Å². The van der Waals surface area contributed by atoms with Crippen molar-refractivity contribution in [2.45, 2.75) is 8.81 Å². The summed E-state index contributed by atoms with van der Waals surface area (Å²) in [5.74, 6) is 0. The van der Waals surface area contributed by atoms with Crippen molar-refractivity contribution in [1.29, 1.82) is 0 Å². The van der Waals surface area contributed by atoms with Crippen molar-refractivity contribution in [3.63, 3.8) is 0 Å². The maximum atomic E-state index is 12.7. The fourth-order valence-corrected chi connectivity index (χ4v) is 1.85. The SMILES string of the molecule is O=C=Nc1ccc(SC(F)(Cl)Cl)cc1. The van der Waals surface area contributed by atoms with E-state index in [9.17, 15) is 9.18 Å². The summed E-state index contributed by atoms with van der Waals surface area (Å²) in [5, 5.41) is 0. The van der Waals surface area contributed by atoms with E-state index in [1.165, 1.54) is 18.2 Å². The number of thioether (sulfide) groups is 1. The van der Waals surface area contributed by atoms with Crippen LogP contribution in [0.25, 0.3) is 0 Å². The summed E-state index contributed by atoms with van der Waals surface area (Å²) in [5.41, 5.74) is 0.443. The Bertz CT molecular complexity index is 357. The third-order valence-corrected chi connectivity index (χ3v) is 2.45. The molecule has 0 atom stereocenters. The molecular formula is C8H4Cl2FNOS. The number of hydrogen-bond donors (Lipinski definition) is 0. The Morgan fingerprint density at radius 1 is 1.36 bits per heavy atom. The van der Waals surface area contributed by atoms with Gasteiger partial charge in [0.15, 0.2) is 0 Å². The predicted molar refractivity (Wildman–Crippen MR) is 55.6 cm³/mol. The number of nitrogens with zero attached hydrogens (tertiary/aromatic N) is 1. The lowest BCUT2D eigenvalue weighted by Crippen LogP contribution is -1.94. The van der Waals surface area contributed by atoms with E-state index < -0.39 is 3.92 Å². The molecule has 0 fully saturated rings. The van der Waals surface area contributed by atoms with Crippen molar-refractivity contribution < 1.29 is 9.18 Å². The van der Waals surface area contributed by atoms with E-state index in [-0.39, 0.29) is 0 Å². The van der Waals surface area contributed by atoms with E-state index in [1.807, 2.05) is 0 Å². The second kappa shape index (κ2) is 4.80. The first-order valence-electron chi connectivity index (χ1n) is 3.45. The van der Waals surface area contributed by atoms with Gasteiger partial charge in [-0.25, -0.2) is 4.79 Å². The van der Waals surface area contributed by atoms with Crippen LogP contribution in [0.1, 0.15) is 0 Å². The zero-order valence-electron chi connectivity index (χ0n) is 6.71. The molecule has 1 aromatic rings. The molecule has 14 heavy (non-hydrogen) atoms. The highest BCUT2D eigenvalue weighted by molar-refractivity contribution is 8.03. The standard InChI is InChI=1S/C8H4Cl2FNOS/c9-8(10,11)14-7-3-1-6(2-4-7)12-5-13/h1-4H. The van der Waals surface area contributed by atoms with Crippen molar-refractivity contribution in [1.82, 2.24) is 0 Å². The van der Waals surface area contributed by atoms with Crippen molar-refractivity contribution in [2.24, 2.45) is 4.99 Å². The first kappa shape index (κ1) is 11.5. The van der Waals surface area contributed by atoms with Gasteiger partial charge in [0.25, 0.3) is 0 Å². The van der Waals surface area contributed by atoms with Crippen molar-refractivity contribution in [3.8, 4) is 0 Å². The Labute approximate surface area is 94.1 Å². The molecule has 0 radical (unpaired) electrons. The van der Waals surface area contributed by atoms with E-state index in [0.29, 0.717) is 22.3 Å². The van der Waals surface area contributed by atoms with Crippen LogP contribution in [0.15, 0.2) is 34.2 Å². The molecule has 0 amide bonds. The molecule has 0 aliphatic heterocycles. The summed E-state index contributed by atoms with van der Waals surface area (Å²) in [7, 11) is 0. The monoisotopic (exact) mass is 251 g/mol. The Balaban J connectivity index is 2.78. The largest absolute Gasteiger partial charge is 0.309 e. The van der Waals surface area contributed by atoms with Gasteiger partial charge in [-0.2, -0.15) is 9.38 Å². The molecule has 0 spiro atoms. The number of rotatable bonds is 3. The lowest BCUT2D eigenvalue weighted by atomic mass is 10.3. The van der Waals surface area contributed by atoms with E-state index in [0.717, 1.165) is 0 Å². The molecule has 0 aromatic heterocycles. The number of carbonyl (C=O) groups excluding carboxylic acids is 1. The number of alkyl halides is 3. The maximum Gasteiger partial charge on any atom is 0.309 e. The molecule has 74 valence electrons. The minimum absolute atomic E-state index is 0.443. The molecule has 0 saturated carbocycles. The normalized spacial score (nSPS) is 10.8. The highest BCUT2D eigenvalue weighted by Gasteiger charge is 2.23. The van der Waals surface area contributed by atoms with E-state index >= 15 is 0 Å². The molecule has 0 saturated heterocycles. The van der Waals surface area contributed by atoms with E-state index in [1.54, 1.807) is 12.1 Å². The summed E-state index contributed by atoms with van der Waals surface area (Å²) in [6.07, 6.45) is 1.39. The van der Waals surface area contributed by atoms with Gasteiger partial charge in [-0.05, 0) is 24.3 Å². The highest BCUT2D eigenvalue weighted by Crippen LogP contribution is 2.41. The molecule has 1 rings (SSSR count). The summed E-state index contributed by atoms with van der Waals surface area (Å²) < 4.78 is 10.4. The summed E-state index contributed by atoms with van der Waals surface area (Å²) in [4.78, 5) is 13.8. The molecule has 6 heteroatoms. The third kappa shape index (κ3) is 4.11. The second-order valence-electron chi connectivity index (χ2n) is 2.24. The molecule has 0 heterocycles. The van der Waals surface area contributed by atoms with Crippen molar-refractivity contribution >= 4 is 46.7 Å². The zero-order chi connectivity index (χ0) is 10.6. The van der Waals surface area contributed by atoms with Gasteiger partial charge in [-0.3, -0.25) is 0 Å². The number of halogens is 3. The van der Waals surface area contributed by atoms with Crippen molar-refractivity contribution in [2.75, 3.05) is 0 Å².